The van der Waals surface area contributed by atoms with E-state index in [1.807, 2.05) is 0 Å². The molecule has 134 valence electrons. The Morgan fingerprint density at radius 3 is 2.62 bits per heavy atom. The van der Waals surface area contributed by atoms with E-state index >= 15 is 0 Å². The van der Waals surface area contributed by atoms with Crippen molar-refractivity contribution in [2.75, 3.05) is 5.43 Å². The highest BCUT2D eigenvalue weighted by Crippen LogP contribution is 2.30. The van der Waals surface area contributed by atoms with Gasteiger partial charge in [-0.1, -0.05) is 6.07 Å². The number of hydrogen-bond acceptors (Lipinski definition) is 8. The highest BCUT2D eigenvalue weighted by Gasteiger charge is 2.31. The Kier molecular flexibility index (Phi) is 5.30. The second-order valence-electron chi connectivity index (χ2n) is 4.75. The van der Waals surface area contributed by atoms with Crippen LogP contribution in [0, 0.1) is 29.6 Å². The van der Waals surface area contributed by atoms with Gasteiger partial charge in [0.05, 0.1) is 11.3 Å². The molecule has 2 rings (SSSR count). The summed E-state index contributed by atoms with van der Waals surface area (Å²) in [6.07, 6.45) is -4.59. The fourth-order valence-corrected chi connectivity index (χ4v) is 3.83. The van der Waals surface area contributed by atoms with Crippen LogP contribution in [0.15, 0.2) is 34.4 Å². The molecule has 1 N–H and O–H groups in total. The molecule has 0 saturated carbocycles. The lowest BCUT2D eigenvalue weighted by atomic mass is 10.2. The first-order valence-electron chi connectivity index (χ1n) is 6.63. The van der Waals surface area contributed by atoms with Gasteiger partial charge in [-0.3, -0.25) is 5.43 Å². The Hall–Kier alpha value is -2.96. The van der Waals surface area contributed by atoms with Crippen molar-refractivity contribution in [1.29, 1.82) is 10.5 Å². The molecule has 1 heterocycles. The quantitative estimate of drug-likeness (QED) is 0.481. The molecule has 0 aliphatic heterocycles. The molecular formula is C14H8F3N5O2S2. The fourth-order valence-electron chi connectivity index (χ4n) is 1.78. The van der Waals surface area contributed by atoms with Crippen molar-refractivity contribution in [1.82, 2.24) is 4.37 Å². The van der Waals surface area contributed by atoms with Crippen molar-refractivity contribution in [2.45, 2.75) is 18.1 Å². The van der Waals surface area contributed by atoms with Crippen LogP contribution in [0.25, 0.3) is 0 Å². The van der Waals surface area contributed by atoms with Gasteiger partial charge in [-0.2, -0.15) is 33.2 Å². The van der Waals surface area contributed by atoms with Gasteiger partial charge in [-0.15, -0.1) is 0 Å². The monoisotopic (exact) mass is 399 g/mol. The van der Waals surface area contributed by atoms with E-state index in [-0.39, 0.29) is 11.3 Å². The number of aromatic nitrogens is 1. The SMILES string of the molecule is Cc1snc(S(=O)(=O)C(C#N)=NNc2cccc(C(F)(F)F)c2)c1C#N. The van der Waals surface area contributed by atoms with E-state index in [0.29, 0.717) is 10.9 Å². The van der Waals surface area contributed by atoms with Crippen LogP contribution in [-0.4, -0.2) is 17.8 Å². The first-order valence-corrected chi connectivity index (χ1v) is 8.89. The van der Waals surface area contributed by atoms with Crippen molar-refractivity contribution in [3.05, 3.63) is 40.3 Å². The number of aryl methyl sites for hydroxylation is 1. The number of sulfone groups is 1. The van der Waals surface area contributed by atoms with Crippen molar-refractivity contribution in [2.24, 2.45) is 5.10 Å². The van der Waals surface area contributed by atoms with Gasteiger partial charge in [0.25, 0.3) is 14.9 Å². The molecule has 0 unspecified atom stereocenters. The number of anilines is 1. The van der Waals surface area contributed by atoms with E-state index in [4.69, 9.17) is 10.5 Å². The first-order chi connectivity index (χ1) is 12.1. The Bertz CT molecular complexity index is 1060. The van der Waals surface area contributed by atoms with Gasteiger partial charge >= 0.3 is 6.18 Å². The summed E-state index contributed by atoms with van der Waals surface area (Å²) in [5.74, 6) is 0. The molecule has 0 aliphatic rings. The van der Waals surface area contributed by atoms with Crippen molar-refractivity contribution in [3.8, 4) is 12.1 Å². The summed E-state index contributed by atoms with van der Waals surface area (Å²) in [4.78, 5) is 0.342. The van der Waals surface area contributed by atoms with Crippen LogP contribution in [0.1, 0.15) is 16.0 Å². The summed E-state index contributed by atoms with van der Waals surface area (Å²) in [7, 11) is -4.50. The van der Waals surface area contributed by atoms with Gasteiger partial charge in [0, 0.05) is 4.88 Å². The van der Waals surface area contributed by atoms with Gasteiger partial charge in [0.1, 0.15) is 17.7 Å². The predicted octanol–water partition coefficient (Wildman–Crippen LogP) is 3.06. The highest BCUT2D eigenvalue weighted by molar-refractivity contribution is 8.07. The number of hydrogen-bond donors (Lipinski definition) is 1. The highest BCUT2D eigenvalue weighted by atomic mass is 32.2. The molecular weight excluding hydrogens is 391 g/mol. The topological polar surface area (TPSA) is 119 Å². The molecule has 0 radical (unpaired) electrons. The molecule has 2 aromatic rings. The van der Waals surface area contributed by atoms with Crippen LogP contribution in [0.2, 0.25) is 0 Å². The lowest BCUT2D eigenvalue weighted by molar-refractivity contribution is -0.137. The molecule has 1 aromatic heterocycles. The van der Waals surface area contributed by atoms with E-state index in [9.17, 15) is 21.6 Å². The number of nitrogens with zero attached hydrogens (tertiary/aromatic N) is 4. The normalized spacial score (nSPS) is 12.3. The number of nitrogens with one attached hydrogen (secondary N) is 1. The molecule has 1 aromatic carbocycles. The van der Waals surface area contributed by atoms with Crippen LogP contribution in [0.4, 0.5) is 18.9 Å². The summed E-state index contributed by atoms with van der Waals surface area (Å²) in [5, 5.41) is 19.8. The molecule has 0 fully saturated rings. The number of halogens is 3. The second kappa shape index (κ2) is 7.11. The maximum atomic E-state index is 12.7. The smallest absolute Gasteiger partial charge is 0.277 e. The van der Waals surface area contributed by atoms with Crippen LogP contribution in [0.5, 0.6) is 0 Å². The third-order valence-electron chi connectivity index (χ3n) is 3.02. The Balaban J connectivity index is 2.40. The molecule has 12 heteroatoms. The average Bonchev–Trinajstić information content (AvgIpc) is 2.96. The molecule has 0 saturated heterocycles. The molecule has 0 amide bonds. The minimum Gasteiger partial charge on any atom is -0.277 e. The van der Waals surface area contributed by atoms with Crippen molar-refractivity contribution in [3.63, 3.8) is 0 Å². The maximum Gasteiger partial charge on any atom is 0.416 e. The van der Waals surface area contributed by atoms with Crippen LogP contribution < -0.4 is 5.43 Å². The molecule has 26 heavy (non-hydrogen) atoms. The molecule has 7 nitrogen and oxygen atoms in total. The largest absolute Gasteiger partial charge is 0.416 e. The van der Waals surface area contributed by atoms with E-state index in [1.54, 1.807) is 6.07 Å². The summed E-state index contributed by atoms with van der Waals surface area (Å²) in [5.41, 5.74) is 0.756. The van der Waals surface area contributed by atoms with Gasteiger partial charge in [-0.25, -0.2) is 8.42 Å². The zero-order valence-corrected chi connectivity index (χ0v) is 14.5. The number of hydrazone groups is 1. The van der Waals surface area contributed by atoms with Crippen LogP contribution >= 0.6 is 11.5 Å². The third-order valence-corrected chi connectivity index (χ3v) is 5.39. The Morgan fingerprint density at radius 1 is 1.35 bits per heavy atom. The summed E-state index contributed by atoms with van der Waals surface area (Å²) in [6.45, 7) is 1.49. The first kappa shape index (κ1) is 19.4. The lowest BCUT2D eigenvalue weighted by Gasteiger charge is -2.08. The lowest BCUT2D eigenvalue weighted by Crippen LogP contribution is -2.16. The van der Waals surface area contributed by atoms with E-state index < -0.39 is 31.6 Å². The minimum absolute atomic E-state index is 0.169. The number of benzene rings is 1. The predicted molar refractivity (Wildman–Crippen MR) is 86.9 cm³/mol. The maximum absolute atomic E-state index is 12.7. The van der Waals surface area contributed by atoms with Gasteiger partial charge in [0.2, 0.25) is 0 Å². The summed E-state index contributed by atoms with van der Waals surface area (Å²) >= 11 is 0.768. The molecule has 0 aliphatic carbocycles. The van der Waals surface area contributed by atoms with Gasteiger partial charge < -0.3 is 0 Å². The number of rotatable bonds is 3. The van der Waals surface area contributed by atoms with Crippen molar-refractivity contribution < 1.29 is 21.6 Å². The van der Waals surface area contributed by atoms with Gasteiger partial charge in [0.15, 0.2) is 5.03 Å². The fraction of sp³-hybridized carbons (Fsp3) is 0.143. The molecule has 0 bridgehead atoms. The third kappa shape index (κ3) is 3.82. The Labute approximate surface area is 150 Å². The molecule has 0 atom stereocenters. The van der Waals surface area contributed by atoms with Gasteiger partial charge in [-0.05, 0) is 36.7 Å². The van der Waals surface area contributed by atoms with E-state index in [1.165, 1.54) is 19.1 Å². The Morgan fingerprint density at radius 2 is 2.04 bits per heavy atom. The van der Waals surface area contributed by atoms with E-state index in [0.717, 1.165) is 23.7 Å². The standard InChI is InChI=1S/C14H8F3N5O2S2/c1-8-11(6-18)13(22-25-8)26(23,24)12(7-19)21-20-10-4-2-3-9(5-10)14(15,16)17/h2-5,20H,1H3. The summed E-state index contributed by atoms with van der Waals surface area (Å²) < 4.78 is 66.5. The number of nitriles is 2. The zero-order valence-electron chi connectivity index (χ0n) is 12.9. The molecule has 0 spiro atoms. The minimum atomic E-state index is -4.59. The summed E-state index contributed by atoms with van der Waals surface area (Å²) in [6, 6.07) is 6.88. The number of alkyl halides is 3. The second-order valence-corrected chi connectivity index (χ2v) is 7.51. The van der Waals surface area contributed by atoms with Crippen molar-refractivity contribution >= 4 is 32.1 Å². The average molecular weight is 399 g/mol. The van der Waals surface area contributed by atoms with E-state index in [2.05, 4.69) is 14.9 Å². The van der Waals surface area contributed by atoms with Crippen LogP contribution in [-0.2, 0) is 16.0 Å². The van der Waals surface area contributed by atoms with Crippen LogP contribution in [0.3, 0.4) is 0 Å². The zero-order chi connectivity index (χ0) is 19.5.